The van der Waals surface area contributed by atoms with E-state index in [2.05, 4.69) is 5.32 Å². The average Bonchev–Trinajstić information content (AvgIpc) is 2.77. The lowest BCUT2D eigenvalue weighted by Gasteiger charge is -2.46. The molecule has 1 aromatic rings. The molecule has 1 aromatic carbocycles. The predicted octanol–water partition coefficient (Wildman–Crippen LogP) is 2.91. The molecule has 0 spiro atoms. The zero-order valence-electron chi connectivity index (χ0n) is 18.9. The van der Waals surface area contributed by atoms with Crippen LogP contribution in [-0.4, -0.2) is 60.0 Å². The standard InChI is InChI=1S/C22H35NO7/c1-7-30-19(24)13-16-9-8-10-22(28-5,29-6)21(16)23-14-15-11-17(25-2)20(27-4)18(12-15)26-3/h11-12,16,21,23H,7-10,13-14H2,1-6H3/t16-,21+/m0/s1. The van der Waals surface area contributed by atoms with Crippen molar-refractivity contribution in [3.05, 3.63) is 17.7 Å². The number of methoxy groups -OCH3 is 5. The Morgan fingerprint density at radius 3 is 2.20 bits per heavy atom. The summed E-state index contributed by atoms with van der Waals surface area (Å²) in [5.41, 5.74) is 0.950. The van der Waals surface area contributed by atoms with Gasteiger partial charge in [0.15, 0.2) is 17.3 Å². The molecule has 1 aliphatic carbocycles. The minimum absolute atomic E-state index is 0.0275. The zero-order chi connectivity index (χ0) is 22.1. The van der Waals surface area contributed by atoms with Gasteiger partial charge in [0.2, 0.25) is 5.75 Å². The third-order valence-corrected chi connectivity index (χ3v) is 5.72. The van der Waals surface area contributed by atoms with Gasteiger partial charge in [-0.15, -0.1) is 0 Å². The summed E-state index contributed by atoms with van der Waals surface area (Å²) in [6.45, 7) is 2.69. The SMILES string of the molecule is CCOC(=O)C[C@@H]1CCCC(OC)(OC)[C@@H]1NCc1cc(OC)c(OC)c(OC)c1. The number of carbonyl (C=O) groups is 1. The van der Waals surface area contributed by atoms with E-state index < -0.39 is 5.79 Å². The lowest BCUT2D eigenvalue weighted by Crippen LogP contribution is -2.59. The Morgan fingerprint density at radius 2 is 1.70 bits per heavy atom. The van der Waals surface area contributed by atoms with Crippen LogP contribution in [0.3, 0.4) is 0 Å². The second kappa shape index (κ2) is 11.4. The second-order valence-electron chi connectivity index (χ2n) is 7.27. The molecule has 0 bridgehead atoms. The van der Waals surface area contributed by atoms with Crippen molar-refractivity contribution in [3.8, 4) is 17.2 Å². The summed E-state index contributed by atoms with van der Waals surface area (Å²) in [6.07, 6.45) is 2.86. The molecule has 0 heterocycles. The Labute approximate surface area is 179 Å². The van der Waals surface area contributed by atoms with Gasteiger partial charge >= 0.3 is 5.97 Å². The molecule has 0 amide bonds. The molecule has 1 aliphatic rings. The number of rotatable bonds is 11. The van der Waals surface area contributed by atoms with Gasteiger partial charge in [-0.1, -0.05) is 0 Å². The maximum atomic E-state index is 12.2. The Morgan fingerprint density at radius 1 is 1.07 bits per heavy atom. The van der Waals surface area contributed by atoms with Gasteiger partial charge in [0, 0.05) is 27.2 Å². The van der Waals surface area contributed by atoms with Gasteiger partial charge in [-0.25, -0.2) is 0 Å². The van der Waals surface area contributed by atoms with Crippen LogP contribution in [-0.2, 0) is 25.5 Å². The summed E-state index contributed by atoms with van der Waals surface area (Å²) in [4.78, 5) is 12.2. The van der Waals surface area contributed by atoms with E-state index in [0.717, 1.165) is 24.8 Å². The van der Waals surface area contributed by atoms with Gasteiger partial charge in [-0.2, -0.15) is 0 Å². The number of benzene rings is 1. The fourth-order valence-corrected chi connectivity index (χ4v) is 4.27. The maximum Gasteiger partial charge on any atom is 0.306 e. The topological polar surface area (TPSA) is 84.5 Å². The first-order valence-electron chi connectivity index (χ1n) is 10.3. The minimum atomic E-state index is -0.809. The summed E-state index contributed by atoms with van der Waals surface area (Å²) in [6, 6.07) is 3.61. The van der Waals surface area contributed by atoms with E-state index in [1.807, 2.05) is 19.1 Å². The fourth-order valence-electron chi connectivity index (χ4n) is 4.27. The minimum Gasteiger partial charge on any atom is -0.493 e. The average molecular weight is 426 g/mol. The largest absolute Gasteiger partial charge is 0.493 e. The van der Waals surface area contributed by atoms with Crippen molar-refractivity contribution in [3.63, 3.8) is 0 Å². The normalized spacial score (nSPS) is 20.5. The summed E-state index contributed by atoms with van der Waals surface area (Å²) in [5.74, 6) is 0.737. The van der Waals surface area contributed by atoms with Crippen molar-refractivity contribution < 1.29 is 33.2 Å². The number of hydrogen-bond donors (Lipinski definition) is 1. The van der Waals surface area contributed by atoms with E-state index in [0.29, 0.717) is 36.8 Å². The lowest BCUT2D eigenvalue weighted by molar-refractivity contribution is -0.249. The van der Waals surface area contributed by atoms with Crippen LogP contribution in [0.5, 0.6) is 17.2 Å². The first-order valence-corrected chi connectivity index (χ1v) is 10.3. The molecular formula is C22H35NO7. The van der Waals surface area contributed by atoms with E-state index in [9.17, 15) is 4.79 Å². The van der Waals surface area contributed by atoms with Crippen molar-refractivity contribution in [1.29, 1.82) is 0 Å². The van der Waals surface area contributed by atoms with Gasteiger partial charge in [0.1, 0.15) is 0 Å². The van der Waals surface area contributed by atoms with Crippen LogP contribution in [0.15, 0.2) is 12.1 Å². The lowest BCUT2D eigenvalue weighted by atomic mass is 9.78. The molecule has 1 N–H and O–H groups in total. The van der Waals surface area contributed by atoms with E-state index in [-0.39, 0.29) is 17.9 Å². The van der Waals surface area contributed by atoms with Crippen LogP contribution >= 0.6 is 0 Å². The number of hydrogen-bond acceptors (Lipinski definition) is 8. The second-order valence-corrected chi connectivity index (χ2v) is 7.27. The summed E-state index contributed by atoms with van der Waals surface area (Å²) >= 11 is 0. The molecule has 170 valence electrons. The Hall–Kier alpha value is -2.03. The van der Waals surface area contributed by atoms with Gasteiger partial charge in [-0.3, -0.25) is 4.79 Å². The molecule has 8 heteroatoms. The summed E-state index contributed by atoms with van der Waals surface area (Å²) < 4.78 is 33.1. The Balaban J connectivity index is 2.27. The molecule has 0 saturated heterocycles. The van der Waals surface area contributed by atoms with E-state index in [1.165, 1.54) is 0 Å². The molecule has 8 nitrogen and oxygen atoms in total. The van der Waals surface area contributed by atoms with Crippen molar-refractivity contribution in [1.82, 2.24) is 5.32 Å². The zero-order valence-corrected chi connectivity index (χ0v) is 18.9. The molecule has 0 radical (unpaired) electrons. The molecular weight excluding hydrogens is 390 g/mol. The molecule has 0 aliphatic heterocycles. The fraction of sp³-hybridized carbons (Fsp3) is 0.682. The maximum absolute atomic E-state index is 12.2. The van der Waals surface area contributed by atoms with Crippen molar-refractivity contribution in [2.45, 2.75) is 51.0 Å². The van der Waals surface area contributed by atoms with Gasteiger partial charge in [0.05, 0.1) is 40.4 Å². The van der Waals surface area contributed by atoms with Crippen LogP contribution in [0.4, 0.5) is 0 Å². The van der Waals surface area contributed by atoms with Gasteiger partial charge < -0.3 is 33.7 Å². The third kappa shape index (κ3) is 5.36. The van der Waals surface area contributed by atoms with Crippen molar-refractivity contribution >= 4 is 5.97 Å². The number of nitrogens with one attached hydrogen (secondary N) is 1. The molecule has 1 saturated carbocycles. The number of carbonyl (C=O) groups excluding carboxylic acids is 1. The molecule has 2 rings (SSSR count). The molecule has 1 fully saturated rings. The summed E-state index contributed by atoms with van der Waals surface area (Å²) in [5, 5.41) is 3.56. The first kappa shape index (κ1) is 24.2. The molecule has 2 atom stereocenters. The molecule has 0 unspecified atom stereocenters. The van der Waals surface area contributed by atoms with E-state index >= 15 is 0 Å². The van der Waals surface area contributed by atoms with Crippen LogP contribution in [0.1, 0.15) is 38.2 Å². The van der Waals surface area contributed by atoms with Crippen molar-refractivity contribution in [2.24, 2.45) is 5.92 Å². The van der Waals surface area contributed by atoms with Crippen LogP contribution in [0, 0.1) is 5.92 Å². The van der Waals surface area contributed by atoms with Crippen LogP contribution in [0.25, 0.3) is 0 Å². The monoisotopic (exact) mass is 425 g/mol. The highest BCUT2D eigenvalue weighted by Crippen LogP contribution is 2.40. The van der Waals surface area contributed by atoms with Crippen LogP contribution < -0.4 is 19.5 Å². The van der Waals surface area contributed by atoms with Crippen LogP contribution in [0.2, 0.25) is 0 Å². The highest BCUT2D eigenvalue weighted by molar-refractivity contribution is 5.69. The quantitative estimate of drug-likeness (QED) is 0.428. The highest BCUT2D eigenvalue weighted by Gasteiger charge is 2.47. The van der Waals surface area contributed by atoms with E-state index in [1.54, 1.807) is 35.5 Å². The first-order chi connectivity index (χ1) is 14.5. The Bertz CT molecular complexity index is 665. The number of esters is 1. The molecule has 30 heavy (non-hydrogen) atoms. The highest BCUT2D eigenvalue weighted by atomic mass is 16.7. The predicted molar refractivity (Wildman–Crippen MR) is 112 cm³/mol. The molecule has 0 aromatic heterocycles. The van der Waals surface area contributed by atoms with Gasteiger partial charge in [-0.05, 0) is 43.4 Å². The van der Waals surface area contributed by atoms with E-state index in [4.69, 9.17) is 28.4 Å². The smallest absolute Gasteiger partial charge is 0.306 e. The van der Waals surface area contributed by atoms with Gasteiger partial charge in [0.25, 0.3) is 0 Å². The Kier molecular flexibility index (Phi) is 9.20. The van der Waals surface area contributed by atoms with Crippen molar-refractivity contribution in [2.75, 3.05) is 42.2 Å². The summed E-state index contributed by atoms with van der Waals surface area (Å²) in [7, 11) is 8.04. The number of ether oxygens (including phenoxy) is 6. The third-order valence-electron chi connectivity index (χ3n) is 5.72.